The molecule has 3 N–H and O–H groups in total. The van der Waals surface area contributed by atoms with Crippen molar-refractivity contribution in [3.05, 3.63) is 23.8 Å². The van der Waals surface area contributed by atoms with E-state index < -0.39 is 9.70 Å². The van der Waals surface area contributed by atoms with Crippen molar-refractivity contribution in [1.29, 1.82) is 0 Å². The number of halogens is 3. The SMILES string of the molecule is O=C(NCCc1ccc(O)c(O)c1)C(Cl)(Cl)Cl. The van der Waals surface area contributed by atoms with E-state index in [4.69, 9.17) is 39.9 Å². The number of benzene rings is 1. The molecule has 0 radical (unpaired) electrons. The van der Waals surface area contributed by atoms with E-state index in [2.05, 4.69) is 5.32 Å². The van der Waals surface area contributed by atoms with Gasteiger partial charge in [0, 0.05) is 6.54 Å². The highest BCUT2D eigenvalue weighted by Crippen LogP contribution is 2.26. The van der Waals surface area contributed by atoms with Gasteiger partial charge in [0.25, 0.3) is 9.70 Å². The molecule has 0 bridgehead atoms. The van der Waals surface area contributed by atoms with Crippen molar-refractivity contribution < 1.29 is 15.0 Å². The lowest BCUT2D eigenvalue weighted by Crippen LogP contribution is -2.35. The first-order valence-electron chi connectivity index (χ1n) is 4.66. The lowest BCUT2D eigenvalue weighted by Gasteiger charge is -2.11. The van der Waals surface area contributed by atoms with Gasteiger partial charge in [0.2, 0.25) is 0 Å². The molecule has 1 aromatic rings. The summed E-state index contributed by atoms with van der Waals surface area (Å²) in [6, 6.07) is 4.38. The van der Waals surface area contributed by atoms with Crippen LogP contribution in [0.4, 0.5) is 0 Å². The quantitative estimate of drug-likeness (QED) is 0.591. The second-order valence-electron chi connectivity index (χ2n) is 3.33. The first-order chi connectivity index (χ1) is 7.80. The lowest BCUT2D eigenvalue weighted by atomic mass is 10.1. The van der Waals surface area contributed by atoms with Crippen LogP contribution in [0.25, 0.3) is 0 Å². The maximum absolute atomic E-state index is 11.2. The van der Waals surface area contributed by atoms with Crippen LogP contribution in [0.15, 0.2) is 18.2 Å². The number of nitrogens with one attached hydrogen (secondary N) is 1. The van der Waals surface area contributed by atoms with E-state index in [1.54, 1.807) is 6.07 Å². The second kappa shape index (κ2) is 5.67. The molecule has 0 fully saturated rings. The standard InChI is InChI=1S/C10H10Cl3NO3/c11-10(12,13)9(17)14-4-3-6-1-2-7(15)8(16)5-6/h1-2,5,15-16H,3-4H2,(H,14,17). The Hall–Kier alpha value is -0.840. The van der Waals surface area contributed by atoms with Crippen LogP contribution in [-0.4, -0.2) is 26.5 Å². The predicted octanol–water partition coefficient (Wildman–Crippen LogP) is 2.13. The fourth-order valence-electron chi connectivity index (χ4n) is 1.15. The van der Waals surface area contributed by atoms with Crippen LogP contribution in [0.1, 0.15) is 5.56 Å². The minimum atomic E-state index is -1.98. The van der Waals surface area contributed by atoms with Gasteiger partial charge in [0.15, 0.2) is 11.5 Å². The highest BCUT2D eigenvalue weighted by atomic mass is 35.6. The molecule has 1 amide bonds. The highest BCUT2D eigenvalue weighted by Gasteiger charge is 2.29. The minimum Gasteiger partial charge on any atom is -0.504 e. The van der Waals surface area contributed by atoms with Crippen molar-refractivity contribution in [3.8, 4) is 11.5 Å². The smallest absolute Gasteiger partial charge is 0.272 e. The molecule has 0 aliphatic heterocycles. The van der Waals surface area contributed by atoms with E-state index in [1.807, 2.05) is 0 Å². The fraction of sp³-hybridized carbons (Fsp3) is 0.300. The Bertz CT molecular complexity index is 418. The molecule has 0 saturated heterocycles. The van der Waals surface area contributed by atoms with Crippen LogP contribution in [0.5, 0.6) is 11.5 Å². The summed E-state index contributed by atoms with van der Waals surface area (Å²) >= 11 is 16.1. The Balaban J connectivity index is 2.46. The largest absolute Gasteiger partial charge is 0.504 e. The Morgan fingerprint density at radius 1 is 1.24 bits per heavy atom. The Morgan fingerprint density at radius 2 is 1.88 bits per heavy atom. The van der Waals surface area contributed by atoms with Gasteiger partial charge in [-0.25, -0.2) is 0 Å². The Kier molecular flexibility index (Phi) is 4.74. The van der Waals surface area contributed by atoms with Gasteiger partial charge in [0.05, 0.1) is 0 Å². The number of hydrogen-bond acceptors (Lipinski definition) is 3. The average Bonchev–Trinajstić information content (AvgIpc) is 2.22. The predicted molar refractivity (Wildman–Crippen MR) is 66.8 cm³/mol. The van der Waals surface area contributed by atoms with Crippen LogP contribution in [-0.2, 0) is 11.2 Å². The van der Waals surface area contributed by atoms with Crippen LogP contribution >= 0.6 is 34.8 Å². The molecular formula is C10H10Cl3NO3. The molecule has 94 valence electrons. The summed E-state index contributed by atoms with van der Waals surface area (Å²) in [6.45, 7) is 0.261. The molecular weight excluding hydrogens is 288 g/mol. The molecule has 0 aromatic heterocycles. The van der Waals surface area contributed by atoms with Gasteiger partial charge in [-0.1, -0.05) is 40.9 Å². The van der Waals surface area contributed by atoms with Crippen molar-refractivity contribution >= 4 is 40.7 Å². The topological polar surface area (TPSA) is 69.6 Å². The number of hydrogen-bond donors (Lipinski definition) is 3. The average molecular weight is 299 g/mol. The zero-order valence-electron chi connectivity index (χ0n) is 8.58. The number of phenolic OH excluding ortho intramolecular Hbond substituents is 2. The van der Waals surface area contributed by atoms with Crippen molar-refractivity contribution in [3.63, 3.8) is 0 Å². The van der Waals surface area contributed by atoms with Crippen molar-refractivity contribution in [2.75, 3.05) is 6.54 Å². The third-order valence-electron chi connectivity index (χ3n) is 2.00. The Labute approximate surface area is 113 Å². The van der Waals surface area contributed by atoms with E-state index in [-0.39, 0.29) is 18.0 Å². The number of carbonyl (C=O) groups excluding carboxylic acids is 1. The number of alkyl halides is 3. The van der Waals surface area contributed by atoms with E-state index in [0.717, 1.165) is 5.56 Å². The van der Waals surface area contributed by atoms with E-state index in [0.29, 0.717) is 6.42 Å². The molecule has 4 nitrogen and oxygen atoms in total. The second-order valence-corrected chi connectivity index (χ2v) is 5.61. The number of aromatic hydroxyl groups is 2. The zero-order chi connectivity index (χ0) is 13.1. The van der Waals surface area contributed by atoms with Gasteiger partial charge in [-0.2, -0.15) is 0 Å². The molecule has 1 aromatic carbocycles. The maximum Gasteiger partial charge on any atom is 0.272 e. The van der Waals surface area contributed by atoms with Gasteiger partial charge in [-0.15, -0.1) is 0 Å². The molecule has 0 unspecified atom stereocenters. The van der Waals surface area contributed by atoms with Crippen LogP contribution < -0.4 is 5.32 Å². The number of phenols is 2. The minimum absolute atomic E-state index is 0.195. The molecule has 0 heterocycles. The fourth-order valence-corrected chi connectivity index (χ4v) is 1.35. The summed E-state index contributed by atoms with van der Waals surface area (Å²) in [5.74, 6) is -1.11. The summed E-state index contributed by atoms with van der Waals surface area (Å²) in [5, 5.41) is 20.8. The first kappa shape index (κ1) is 14.2. The van der Waals surface area contributed by atoms with Gasteiger partial charge in [0.1, 0.15) is 0 Å². The van der Waals surface area contributed by atoms with E-state index in [1.165, 1.54) is 12.1 Å². The van der Waals surface area contributed by atoms with Crippen molar-refractivity contribution in [1.82, 2.24) is 5.32 Å². The van der Waals surface area contributed by atoms with Crippen molar-refractivity contribution in [2.24, 2.45) is 0 Å². The summed E-state index contributed by atoms with van der Waals surface area (Å²) in [7, 11) is 0. The third kappa shape index (κ3) is 4.50. The maximum atomic E-state index is 11.2. The zero-order valence-corrected chi connectivity index (χ0v) is 10.9. The molecule has 0 spiro atoms. The van der Waals surface area contributed by atoms with E-state index >= 15 is 0 Å². The van der Waals surface area contributed by atoms with Crippen LogP contribution in [0, 0.1) is 0 Å². The van der Waals surface area contributed by atoms with Gasteiger partial charge in [-0.05, 0) is 24.1 Å². The molecule has 0 aliphatic carbocycles. The summed E-state index contributed by atoms with van der Waals surface area (Å²) < 4.78 is -1.98. The number of rotatable bonds is 3. The lowest BCUT2D eigenvalue weighted by molar-refractivity contribution is -0.120. The van der Waals surface area contributed by atoms with Crippen LogP contribution in [0.3, 0.4) is 0 Å². The molecule has 0 atom stereocenters. The Morgan fingerprint density at radius 3 is 2.41 bits per heavy atom. The van der Waals surface area contributed by atoms with Gasteiger partial charge in [-0.3, -0.25) is 4.79 Å². The normalized spacial score (nSPS) is 11.2. The summed E-state index contributed by atoms with van der Waals surface area (Å²) in [5.41, 5.74) is 0.741. The molecule has 0 saturated carbocycles. The monoisotopic (exact) mass is 297 g/mol. The first-order valence-corrected chi connectivity index (χ1v) is 5.80. The molecule has 0 aliphatic rings. The molecule has 7 heteroatoms. The van der Waals surface area contributed by atoms with Crippen molar-refractivity contribution in [2.45, 2.75) is 10.2 Å². The summed E-state index contributed by atoms with van der Waals surface area (Å²) in [4.78, 5) is 11.2. The van der Waals surface area contributed by atoms with Gasteiger partial charge < -0.3 is 15.5 Å². The van der Waals surface area contributed by atoms with Gasteiger partial charge >= 0.3 is 0 Å². The third-order valence-corrected chi connectivity index (χ3v) is 2.51. The van der Waals surface area contributed by atoms with E-state index in [9.17, 15) is 9.90 Å². The highest BCUT2D eigenvalue weighted by molar-refractivity contribution is 6.76. The molecule has 1 rings (SSSR count). The number of carbonyl (C=O) groups is 1. The number of amides is 1. The molecule has 17 heavy (non-hydrogen) atoms. The van der Waals surface area contributed by atoms with Crippen LogP contribution in [0.2, 0.25) is 0 Å². The summed E-state index contributed by atoms with van der Waals surface area (Å²) in [6.07, 6.45) is 0.445.